The van der Waals surface area contributed by atoms with E-state index in [-0.39, 0.29) is 24.8 Å². The minimum Gasteiger partial charge on any atom is -0.484 e. The van der Waals surface area contributed by atoms with Gasteiger partial charge in [-0.15, -0.1) is 0 Å². The highest BCUT2D eigenvalue weighted by Gasteiger charge is 2.28. The molecule has 0 saturated heterocycles. The normalized spacial score (nSPS) is 10.9. The maximum atomic E-state index is 12.1. The fourth-order valence-electron chi connectivity index (χ4n) is 1.98. The van der Waals surface area contributed by atoms with E-state index in [0.29, 0.717) is 16.9 Å². The van der Waals surface area contributed by atoms with Crippen LogP contribution in [-0.4, -0.2) is 31.2 Å². The van der Waals surface area contributed by atoms with E-state index in [4.69, 9.17) is 10.5 Å². The highest BCUT2D eigenvalue weighted by atomic mass is 19.4. The minimum absolute atomic E-state index is 0.0881. The lowest BCUT2D eigenvalue weighted by Gasteiger charge is -2.10. The van der Waals surface area contributed by atoms with Gasteiger partial charge >= 0.3 is 6.18 Å². The van der Waals surface area contributed by atoms with Crippen molar-refractivity contribution in [1.82, 2.24) is 5.32 Å². The summed E-state index contributed by atoms with van der Waals surface area (Å²) in [6, 6.07) is 11.9. The summed E-state index contributed by atoms with van der Waals surface area (Å²) in [5, 5.41) is 2.62. The molecule has 0 bridgehead atoms. The molecule has 0 spiro atoms. The predicted molar refractivity (Wildman–Crippen MR) is 90.3 cm³/mol. The molecule has 0 fully saturated rings. The van der Waals surface area contributed by atoms with E-state index >= 15 is 0 Å². The maximum Gasteiger partial charge on any atom is 0.422 e. The number of nitrogens with two attached hydrogens (primary N) is 1. The molecule has 0 aromatic heterocycles. The summed E-state index contributed by atoms with van der Waals surface area (Å²) in [5.74, 6) is -0.452. The maximum absolute atomic E-state index is 12.1. The first-order valence-corrected chi connectivity index (χ1v) is 7.81. The molecular formula is C18H17F3N2O4. The number of alkyl halides is 3. The van der Waals surface area contributed by atoms with Crippen molar-refractivity contribution in [3.8, 4) is 11.5 Å². The third-order valence-corrected chi connectivity index (χ3v) is 3.32. The monoisotopic (exact) mass is 382 g/mol. The van der Waals surface area contributed by atoms with Crippen molar-refractivity contribution >= 4 is 11.8 Å². The molecule has 9 heteroatoms. The Balaban J connectivity index is 1.74. The Morgan fingerprint density at radius 2 is 1.48 bits per heavy atom. The van der Waals surface area contributed by atoms with Crippen molar-refractivity contribution in [3.05, 3.63) is 59.7 Å². The van der Waals surface area contributed by atoms with Crippen molar-refractivity contribution in [2.45, 2.75) is 12.7 Å². The van der Waals surface area contributed by atoms with Crippen molar-refractivity contribution in [2.24, 2.45) is 5.73 Å². The van der Waals surface area contributed by atoms with Gasteiger partial charge in [0, 0.05) is 12.1 Å². The van der Waals surface area contributed by atoms with Gasteiger partial charge in [-0.2, -0.15) is 13.2 Å². The lowest BCUT2D eigenvalue weighted by atomic mass is 10.2. The molecule has 27 heavy (non-hydrogen) atoms. The molecule has 2 rings (SSSR count). The van der Waals surface area contributed by atoms with Crippen LogP contribution in [0.3, 0.4) is 0 Å². The third kappa shape index (κ3) is 7.27. The van der Waals surface area contributed by atoms with E-state index in [2.05, 4.69) is 10.1 Å². The number of hydrogen-bond donors (Lipinski definition) is 2. The number of halogens is 3. The van der Waals surface area contributed by atoms with Crippen LogP contribution in [0.25, 0.3) is 0 Å². The van der Waals surface area contributed by atoms with Crippen LogP contribution in [0.2, 0.25) is 0 Å². The first-order chi connectivity index (χ1) is 12.7. The average Bonchev–Trinajstić information content (AvgIpc) is 2.63. The number of nitrogens with one attached hydrogen (secondary N) is 1. The van der Waals surface area contributed by atoms with Gasteiger partial charge in [-0.25, -0.2) is 0 Å². The Hall–Kier alpha value is -3.23. The Bertz CT molecular complexity index is 775. The topological polar surface area (TPSA) is 90.7 Å². The summed E-state index contributed by atoms with van der Waals surface area (Å²) in [6.45, 7) is -1.41. The molecule has 0 aliphatic rings. The highest BCUT2D eigenvalue weighted by molar-refractivity contribution is 5.92. The summed E-state index contributed by atoms with van der Waals surface area (Å²) in [4.78, 5) is 22.7. The standard InChI is InChI=1S/C18H17F3N2O4/c19-18(20,21)11-27-15-5-1-12(2-6-15)9-23-16(24)10-26-14-7-3-13(4-8-14)17(22)25/h1-8H,9-11H2,(H2,22,25)(H,23,24). The van der Waals surface area contributed by atoms with Crippen molar-refractivity contribution in [3.63, 3.8) is 0 Å². The van der Waals surface area contributed by atoms with Gasteiger partial charge in [-0.3, -0.25) is 9.59 Å². The van der Waals surface area contributed by atoms with Crippen LogP contribution >= 0.6 is 0 Å². The predicted octanol–water partition coefficient (Wildman–Crippen LogP) is 2.42. The van der Waals surface area contributed by atoms with Crippen LogP contribution in [0, 0.1) is 0 Å². The molecule has 2 aromatic carbocycles. The van der Waals surface area contributed by atoms with Gasteiger partial charge in [0.05, 0.1) is 0 Å². The molecular weight excluding hydrogens is 365 g/mol. The quantitative estimate of drug-likeness (QED) is 0.734. The smallest absolute Gasteiger partial charge is 0.422 e. The molecule has 0 heterocycles. The summed E-state index contributed by atoms with van der Waals surface area (Å²) in [5.41, 5.74) is 6.14. The molecule has 0 aliphatic heterocycles. The molecule has 144 valence electrons. The summed E-state index contributed by atoms with van der Waals surface area (Å²) >= 11 is 0. The van der Waals surface area contributed by atoms with Crippen LogP contribution in [0.1, 0.15) is 15.9 Å². The summed E-state index contributed by atoms with van der Waals surface area (Å²) < 4.78 is 46.1. The second kappa shape index (κ2) is 8.93. The van der Waals surface area contributed by atoms with Crippen molar-refractivity contribution in [2.75, 3.05) is 13.2 Å². The van der Waals surface area contributed by atoms with E-state index in [1.807, 2.05) is 0 Å². The third-order valence-electron chi connectivity index (χ3n) is 3.32. The Morgan fingerprint density at radius 1 is 0.926 bits per heavy atom. The summed E-state index contributed by atoms with van der Waals surface area (Å²) in [7, 11) is 0. The van der Waals surface area contributed by atoms with Gasteiger partial charge in [-0.05, 0) is 42.0 Å². The van der Waals surface area contributed by atoms with E-state index in [9.17, 15) is 22.8 Å². The molecule has 6 nitrogen and oxygen atoms in total. The zero-order valence-corrected chi connectivity index (χ0v) is 14.1. The van der Waals surface area contributed by atoms with Gasteiger partial charge in [-0.1, -0.05) is 12.1 Å². The van der Waals surface area contributed by atoms with Gasteiger partial charge < -0.3 is 20.5 Å². The first kappa shape index (κ1) is 20.1. The number of rotatable bonds is 8. The zero-order chi connectivity index (χ0) is 19.9. The molecule has 0 unspecified atom stereocenters. The first-order valence-electron chi connectivity index (χ1n) is 7.81. The number of carbonyl (C=O) groups is 2. The number of benzene rings is 2. The van der Waals surface area contributed by atoms with Crippen LogP contribution in [0.4, 0.5) is 13.2 Å². The number of carbonyl (C=O) groups excluding carboxylic acids is 2. The van der Waals surface area contributed by atoms with Crippen LogP contribution in [0.5, 0.6) is 11.5 Å². The summed E-state index contributed by atoms with van der Waals surface area (Å²) in [6.07, 6.45) is -4.40. The van der Waals surface area contributed by atoms with Gasteiger partial charge in [0.25, 0.3) is 5.91 Å². The second-order valence-electron chi connectivity index (χ2n) is 5.50. The minimum atomic E-state index is -4.40. The molecule has 0 radical (unpaired) electrons. The van der Waals surface area contributed by atoms with E-state index < -0.39 is 18.7 Å². The number of ether oxygens (including phenoxy) is 2. The fourth-order valence-corrected chi connectivity index (χ4v) is 1.98. The SMILES string of the molecule is NC(=O)c1ccc(OCC(=O)NCc2ccc(OCC(F)(F)F)cc2)cc1. The molecule has 0 aliphatic carbocycles. The largest absolute Gasteiger partial charge is 0.484 e. The molecule has 3 N–H and O–H groups in total. The highest BCUT2D eigenvalue weighted by Crippen LogP contribution is 2.18. The van der Waals surface area contributed by atoms with Crippen LogP contribution in [-0.2, 0) is 11.3 Å². The Morgan fingerprint density at radius 3 is 2.04 bits per heavy atom. The Kier molecular flexibility index (Phi) is 6.64. The van der Waals surface area contributed by atoms with E-state index in [0.717, 1.165) is 0 Å². The van der Waals surface area contributed by atoms with Crippen LogP contribution < -0.4 is 20.5 Å². The second-order valence-corrected chi connectivity index (χ2v) is 5.50. The lowest BCUT2D eigenvalue weighted by Crippen LogP contribution is -2.28. The van der Waals surface area contributed by atoms with Crippen molar-refractivity contribution in [1.29, 1.82) is 0 Å². The zero-order valence-electron chi connectivity index (χ0n) is 14.1. The molecule has 2 aromatic rings. The van der Waals surface area contributed by atoms with Gasteiger partial charge in [0.2, 0.25) is 5.91 Å². The average molecular weight is 382 g/mol. The number of primary amides is 1. The van der Waals surface area contributed by atoms with Crippen molar-refractivity contribution < 1.29 is 32.2 Å². The Labute approximate surface area is 153 Å². The van der Waals surface area contributed by atoms with Crippen LogP contribution in [0.15, 0.2) is 48.5 Å². The van der Waals surface area contributed by atoms with Gasteiger partial charge in [0.15, 0.2) is 13.2 Å². The fraction of sp³-hybridized carbons (Fsp3) is 0.222. The molecule has 0 atom stereocenters. The van der Waals surface area contributed by atoms with E-state index in [1.165, 1.54) is 36.4 Å². The molecule has 0 saturated carbocycles. The molecule has 2 amide bonds. The van der Waals surface area contributed by atoms with E-state index in [1.54, 1.807) is 12.1 Å². The lowest BCUT2D eigenvalue weighted by molar-refractivity contribution is -0.153. The number of hydrogen-bond acceptors (Lipinski definition) is 4. The van der Waals surface area contributed by atoms with Gasteiger partial charge in [0.1, 0.15) is 11.5 Å². The number of amides is 2.